The number of amides is 1. The number of fused-ring (bicyclic) bond motifs is 2. The highest BCUT2D eigenvalue weighted by molar-refractivity contribution is 7.14. The van der Waals surface area contributed by atoms with E-state index in [1.165, 1.54) is 11.1 Å². The molecule has 2 atom stereocenters. The summed E-state index contributed by atoms with van der Waals surface area (Å²) in [7, 11) is 0. The van der Waals surface area contributed by atoms with Crippen molar-refractivity contribution in [3.05, 3.63) is 63.5 Å². The van der Waals surface area contributed by atoms with Crippen LogP contribution in [0.15, 0.2) is 35.7 Å². The Kier molecular flexibility index (Phi) is 6.76. The Morgan fingerprint density at radius 3 is 2.73 bits per heavy atom. The molecule has 1 aliphatic carbocycles. The second-order valence-electron chi connectivity index (χ2n) is 12.6. The van der Waals surface area contributed by atoms with Gasteiger partial charge in [-0.05, 0) is 87.3 Å². The van der Waals surface area contributed by atoms with Crippen LogP contribution >= 0.6 is 11.3 Å². The molecule has 1 saturated carbocycles. The zero-order valence-corrected chi connectivity index (χ0v) is 25.1. The van der Waals surface area contributed by atoms with E-state index in [-0.39, 0.29) is 12.0 Å². The van der Waals surface area contributed by atoms with Gasteiger partial charge in [0.2, 0.25) is 0 Å². The average molecular weight is 576 g/mol. The molecule has 1 N–H and O–H groups in total. The quantitative estimate of drug-likeness (QED) is 0.374. The lowest BCUT2D eigenvalue weighted by atomic mass is 9.92. The molecule has 0 unspecified atom stereocenters. The molecule has 1 amide bonds. The molecular weight excluding hydrogens is 538 g/mol. The number of nitrogens with zero attached hydrogens (tertiary/aromatic N) is 3. The fraction of sp³-hybridized carbons (Fsp3) is 0.469. The predicted molar refractivity (Wildman–Crippen MR) is 159 cm³/mol. The van der Waals surface area contributed by atoms with Crippen LogP contribution in [0.25, 0.3) is 11.3 Å². The number of carbonyl (C=O) groups is 2. The van der Waals surface area contributed by atoms with Gasteiger partial charge in [-0.1, -0.05) is 24.3 Å². The number of para-hydroxylation sites is 1. The summed E-state index contributed by atoms with van der Waals surface area (Å²) < 4.78 is 12.1. The van der Waals surface area contributed by atoms with E-state index in [1.54, 1.807) is 16.2 Å². The van der Waals surface area contributed by atoms with Gasteiger partial charge in [-0.3, -0.25) is 4.79 Å². The maximum atomic E-state index is 12.6. The Morgan fingerprint density at radius 2 is 2.00 bits per heavy atom. The van der Waals surface area contributed by atoms with Gasteiger partial charge in [0.1, 0.15) is 18.0 Å². The third-order valence-corrected chi connectivity index (χ3v) is 9.55. The summed E-state index contributed by atoms with van der Waals surface area (Å²) in [4.78, 5) is 33.2. The highest BCUT2D eigenvalue weighted by Gasteiger charge is 2.65. The minimum Gasteiger partial charge on any atom is -0.488 e. The van der Waals surface area contributed by atoms with Gasteiger partial charge >= 0.3 is 12.1 Å². The topological polar surface area (TPSA) is 92.2 Å². The summed E-state index contributed by atoms with van der Waals surface area (Å²) >= 11 is 1.56. The monoisotopic (exact) mass is 575 g/mol. The summed E-state index contributed by atoms with van der Waals surface area (Å²) in [6, 6.07) is 10.3. The minimum absolute atomic E-state index is 0.227. The number of hydrogen-bond donors (Lipinski definition) is 1. The fourth-order valence-corrected chi connectivity index (χ4v) is 7.05. The minimum atomic E-state index is -0.686. The van der Waals surface area contributed by atoms with Crippen molar-refractivity contribution < 1.29 is 24.2 Å². The van der Waals surface area contributed by atoms with Gasteiger partial charge in [-0.25, -0.2) is 9.78 Å². The predicted octanol–water partition coefficient (Wildman–Crippen LogP) is 6.21. The zero-order valence-electron chi connectivity index (χ0n) is 24.3. The van der Waals surface area contributed by atoms with E-state index in [4.69, 9.17) is 14.5 Å². The first-order valence-corrected chi connectivity index (χ1v) is 15.1. The van der Waals surface area contributed by atoms with Crippen LogP contribution in [0.2, 0.25) is 0 Å². The molecule has 1 saturated heterocycles. The summed E-state index contributed by atoms with van der Waals surface area (Å²) in [5, 5.41) is 12.6. The molecule has 41 heavy (non-hydrogen) atoms. The van der Waals surface area contributed by atoms with Gasteiger partial charge in [0.15, 0.2) is 5.13 Å². The molecule has 2 aliphatic heterocycles. The third-order valence-electron chi connectivity index (χ3n) is 8.65. The molecule has 216 valence electrons. The standard InChI is InChI=1S/C32H37N3O5S/c1-19-7-6-8-25(26-17-41-29(33-26)35-15-23-13-32(23,18-35)28(36)37)27(19)39-16-22-10-9-21-14-34(12-11-24(21)20(22)2)30(38)40-31(3,4)5/h6-10,17,23H,11-16,18H2,1-5H3,(H,36,37)/t23-,32-/m0/s1. The molecule has 3 heterocycles. The first kappa shape index (κ1) is 27.6. The number of rotatable bonds is 6. The normalized spacial score (nSPS) is 21.3. The molecule has 3 aliphatic rings. The van der Waals surface area contributed by atoms with E-state index < -0.39 is 17.0 Å². The van der Waals surface area contributed by atoms with Gasteiger partial charge in [0.25, 0.3) is 0 Å². The van der Waals surface area contributed by atoms with Crippen LogP contribution in [-0.2, 0) is 29.1 Å². The van der Waals surface area contributed by atoms with Crippen LogP contribution in [0.1, 0.15) is 55.0 Å². The molecule has 0 radical (unpaired) electrons. The first-order chi connectivity index (χ1) is 19.4. The van der Waals surface area contributed by atoms with Crippen LogP contribution in [0.4, 0.5) is 9.93 Å². The molecular formula is C32H37N3O5S. The maximum Gasteiger partial charge on any atom is 0.410 e. The highest BCUT2D eigenvalue weighted by Crippen LogP contribution is 2.58. The molecule has 0 bridgehead atoms. The zero-order chi connectivity index (χ0) is 29.1. The van der Waals surface area contributed by atoms with Crippen LogP contribution in [0.3, 0.4) is 0 Å². The molecule has 2 fully saturated rings. The van der Waals surface area contributed by atoms with Crippen molar-refractivity contribution in [3.63, 3.8) is 0 Å². The van der Waals surface area contributed by atoms with Crippen LogP contribution in [-0.4, -0.2) is 52.3 Å². The number of aromatic nitrogens is 1. The number of carboxylic acids is 1. The van der Waals surface area contributed by atoms with Crippen molar-refractivity contribution in [1.29, 1.82) is 0 Å². The first-order valence-electron chi connectivity index (χ1n) is 14.2. The SMILES string of the molecule is Cc1cccc(-c2csc(N3C[C@@H]4C[C@]4(C(=O)O)C3)n2)c1OCc1ccc2c(c1C)CCN(C(=O)OC(C)(C)C)C2. The van der Waals surface area contributed by atoms with E-state index in [2.05, 4.69) is 24.0 Å². The van der Waals surface area contributed by atoms with Crippen molar-refractivity contribution in [2.24, 2.45) is 11.3 Å². The van der Waals surface area contributed by atoms with Gasteiger partial charge < -0.3 is 24.4 Å². The average Bonchev–Trinajstić information content (AvgIpc) is 3.23. The number of ether oxygens (including phenoxy) is 2. The van der Waals surface area contributed by atoms with Crippen molar-refractivity contribution in [2.75, 3.05) is 24.5 Å². The second-order valence-corrected chi connectivity index (χ2v) is 13.5. The maximum absolute atomic E-state index is 12.6. The molecule has 3 aromatic rings. The number of thiazole rings is 1. The molecule has 1 aromatic heterocycles. The number of benzene rings is 2. The third kappa shape index (κ3) is 5.16. The lowest BCUT2D eigenvalue weighted by Crippen LogP contribution is -2.40. The summed E-state index contributed by atoms with van der Waals surface area (Å²) in [5.41, 5.74) is 6.49. The smallest absolute Gasteiger partial charge is 0.410 e. The Morgan fingerprint density at radius 1 is 1.20 bits per heavy atom. The molecule has 9 heteroatoms. The van der Waals surface area contributed by atoms with Crippen LogP contribution < -0.4 is 9.64 Å². The highest BCUT2D eigenvalue weighted by atomic mass is 32.1. The number of aryl methyl sites for hydroxylation is 1. The lowest BCUT2D eigenvalue weighted by molar-refractivity contribution is -0.143. The van der Waals surface area contributed by atoms with E-state index in [0.29, 0.717) is 26.2 Å². The van der Waals surface area contributed by atoms with Crippen molar-refractivity contribution >= 4 is 28.5 Å². The van der Waals surface area contributed by atoms with E-state index in [1.807, 2.05) is 51.3 Å². The molecule has 8 nitrogen and oxygen atoms in total. The van der Waals surface area contributed by atoms with Crippen molar-refractivity contribution in [1.82, 2.24) is 9.88 Å². The van der Waals surface area contributed by atoms with Gasteiger partial charge in [0, 0.05) is 37.1 Å². The lowest BCUT2D eigenvalue weighted by Gasteiger charge is -2.32. The number of piperidine rings is 1. The van der Waals surface area contributed by atoms with Gasteiger partial charge in [-0.2, -0.15) is 0 Å². The summed E-state index contributed by atoms with van der Waals surface area (Å²) in [6.45, 7) is 12.7. The Labute approximate surface area is 244 Å². The number of carbonyl (C=O) groups excluding carboxylic acids is 1. The molecule has 2 aromatic carbocycles. The van der Waals surface area contributed by atoms with Crippen LogP contribution in [0.5, 0.6) is 5.75 Å². The molecule has 6 rings (SSSR count). The number of hydrogen-bond acceptors (Lipinski definition) is 7. The van der Waals surface area contributed by atoms with E-state index in [0.717, 1.165) is 58.2 Å². The fourth-order valence-electron chi connectivity index (χ4n) is 6.22. The summed E-state index contributed by atoms with van der Waals surface area (Å²) in [5.74, 6) is 0.350. The Bertz CT molecular complexity index is 1530. The van der Waals surface area contributed by atoms with Gasteiger partial charge in [-0.15, -0.1) is 11.3 Å². The van der Waals surface area contributed by atoms with Gasteiger partial charge in [0.05, 0.1) is 11.1 Å². The van der Waals surface area contributed by atoms with Crippen molar-refractivity contribution in [3.8, 4) is 17.0 Å². The second kappa shape index (κ2) is 10.0. The number of anilines is 1. The number of aliphatic carboxylic acids is 1. The summed E-state index contributed by atoms with van der Waals surface area (Å²) in [6.07, 6.45) is 1.29. The van der Waals surface area contributed by atoms with E-state index in [9.17, 15) is 14.7 Å². The molecule has 0 spiro atoms. The number of carboxylic acid groups (broad SMARTS) is 1. The van der Waals surface area contributed by atoms with Crippen molar-refractivity contribution in [2.45, 2.75) is 66.2 Å². The van der Waals surface area contributed by atoms with E-state index >= 15 is 0 Å². The van der Waals surface area contributed by atoms with Crippen LogP contribution in [0, 0.1) is 25.2 Å². The Balaban J connectivity index is 1.17. The largest absolute Gasteiger partial charge is 0.488 e. The Hall–Kier alpha value is -3.59.